The van der Waals surface area contributed by atoms with Gasteiger partial charge in [-0.2, -0.15) is 0 Å². The number of anilines is 1. The van der Waals surface area contributed by atoms with Crippen LogP contribution in [0.15, 0.2) is 48.5 Å². The van der Waals surface area contributed by atoms with Crippen molar-refractivity contribution in [1.29, 1.82) is 0 Å². The van der Waals surface area contributed by atoms with Crippen LogP contribution < -0.4 is 5.32 Å². The molecule has 0 atom stereocenters. The van der Waals surface area contributed by atoms with Gasteiger partial charge in [0.05, 0.1) is 10.5 Å². The summed E-state index contributed by atoms with van der Waals surface area (Å²) in [6.45, 7) is -0.520. The van der Waals surface area contributed by atoms with Crippen molar-refractivity contribution in [3.05, 3.63) is 69.2 Å². The maximum Gasteiger partial charge on any atom is 0.338 e. The number of esters is 1. The quantitative estimate of drug-likeness (QED) is 0.514. The molecule has 8 heteroatoms. The third-order valence-electron chi connectivity index (χ3n) is 2.74. The van der Waals surface area contributed by atoms with E-state index >= 15 is 0 Å². The molecule has 2 rings (SSSR count). The molecule has 0 unspecified atom stereocenters. The van der Waals surface area contributed by atoms with Crippen LogP contribution in [0, 0.1) is 10.1 Å². The molecule has 1 N–H and O–H groups in total. The second-order valence-corrected chi connectivity index (χ2v) is 4.88. The molecule has 0 aromatic heterocycles. The molecule has 0 aliphatic rings. The van der Waals surface area contributed by atoms with E-state index in [1.54, 1.807) is 12.1 Å². The van der Waals surface area contributed by atoms with Gasteiger partial charge in [-0.1, -0.05) is 23.7 Å². The SMILES string of the molecule is O=C(COC(=O)c1cccc(Cl)c1)Nc1cccc([N+](=O)[O-])c1. The number of hydrogen-bond acceptors (Lipinski definition) is 5. The first-order valence-electron chi connectivity index (χ1n) is 6.43. The van der Waals surface area contributed by atoms with E-state index in [9.17, 15) is 19.7 Å². The Bertz CT molecular complexity index is 763. The van der Waals surface area contributed by atoms with E-state index in [4.69, 9.17) is 16.3 Å². The monoisotopic (exact) mass is 334 g/mol. The van der Waals surface area contributed by atoms with Crippen LogP contribution >= 0.6 is 11.6 Å². The number of amides is 1. The summed E-state index contributed by atoms with van der Waals surface area (Å²) in [7, 11) is 0. The average molecular weight is 335 g/mol. The van der Waals surface area contributed by atoms with E-state index < -0.39 is 23.4 Å². The van der Waals surface area contributed by atoms with Crippen molar-refractivity contribution in [3.63, 3.8) is 0 Å². The van der Waals surface area contributed by atoms with Crippen LogP contribution in [0.5, 0.6) is 0 Å². The zero-order chi connectivity index (χ0) is 16.8. The summed E-state index contributed by atoms with van der Waals surface area (Å²) < 4.78 is 4.85. The summed E-state index contributed by atoms with van der Waals surface area (Å²) in [6, 6.07) is 11.5. The standard InChI is InChI=1S/C15H11ClN2O5/c16-11-4-1-3-10(7-11)15(20)23-9-14(19)17-12-5-2-6-13(8-12)18(21)22/h1-8H,9H2,(H,17,19). The summed E-state index contributed by atoms with van der Waals surface area (Å²) in [5.41, 5.74) is 0.308. The van der Waals surface area contributed by atoms with Gasteiger partial charge in [-0.15, -0.1) is 0 Å². The largest absolute Gasteiger partial charge is 0.452 e. The summed E-state index contributed by atoms with van der Waals surface area (Å²) in [4.78, 5) is 33.5. The van der Waals surface area contributed by atoms with Gasteiger partial charge in [-0.3, -0.25) is 14.9 Å². The van der Waals surface area contributed by atoms with Crippen LogP contribution in [0.4, 0.5) is 11.4 Å². The molecule has 0 saturated heterocycles. The number of nitro groups is 1. The van der Waals surface area contributed by atoms with Crippen molar-refractivity contribution < 1.29 is 19.2 Å². The van der Waals surface area contributed by atoms with Gasteiger partial charge in [0.2, 0.25) is 0 Å². The van der Waals surface area contributed by atoms with Crippen molar-refractivity contribution >= 4 is 34.9 Å². The number of non-ortho nitro benzene ring substituents is 1. The molecule has 0 saturated carbocycles. The minimum Gasteiger partial charge on any atom is -0.452 e. The van der Waals surface area contributed by atoms with E-state index in [1.807, 2.05) is 0 Å². The van der Waals surface area contributed by atoms with Crippen molar-refractivity contribution in [3.8, 4) is 0 Å². The smallest absolute Gasteiger partial charge is 0.338 e. The van der Waals surface area contributed by atoms with Crippen molar-refractivity contribution in [2.24, 2.45) is 0 Å². The molecule has 0 aliphatic heterocycles. The Kier molecular flexibility index (Phi) is 5.27. The first kappa shape index (κ1) is 16.4. The van der Waals surface area contributed by atoms with Crippen LogP contribution in [0.3, 0.4) is 0 Å². The first-order chi connectivity index (χ1) is 11.0. The van der Waals surface area contributed by atoms with Gasteiger partial charge in [0.1, 0.15) is 0 Å². The van der Waals surface area contributed by atoms with Crippen LogP contribution in [-0.4, -0.2) is 23.4 Å². The van der Waals surface area contributed by atoms with E-state index in [0.29, 0.717) is 5.02 Å². The molecule has 7 nitrogen and oxygen atoms in total. The molecule has 0 aliphatic carbocycles. The Hall–Kier alpha value is -2.93. The highest BCUT2D eigenvalue weighted by molar-refractivity contribution is 6.30. The normalized spacial score (nSPS) is 9.96. The van der Waals surface area contributed by atoms with E-state index in [1.165, 1.54) is 36.4 Å². The van der Waals surface area contributed by atoms with Crippen molar-refractivity contribution in [2.45, 2.75) is 0 Å². The third-order valence-corrected chi connectivity index (χ3v) is 2.97. The van der Waals surface area contributed by atoms with Crippen LogP contribution in [0.1, 0.15) is 10.4 Å². The predicted octanol–water partition coefficient (Wildman–Crippen LogP) is 3.04. The summed E-state index contributed by atoms with van der Waals surface area (Å²) >= 11 is 5.76. The molecular formula is C15H11ClN2O5. The fraction of sp³-hybridized carbons (Fsp3) is 0.0667. The highest BCUT2D eigenvalue weighted by Gasteiger charge is 2.12. The van der Waals surface area contributed by atoms with Gasteiger partial charge in [0, 0.05) is 22.8 Å². The lowest BCUT2D eigenvalue weighted by atomic mass is 10.2. The zero-order valence-electron chi connectivity index (χ0n) is 11.7. The molecule has 0 heterocycles. The Morgan fingerprint density at radius 2 is 1.91 bits per heavy atom. The Balaban J connectivity index is 1.91. The molecule has 0 fully saturated rings. The van der Waals surface area contributed by atoms with E-state index in [-0.39, 0.29) is 16.9 Å². The minimum atomic E-state index is -0.693. The van der Waals surface area contributed by atoms with E-state index in [2.05, 4.69) is 5.32 Å². The third kappa shape index (κ3) is 4.79. The second kappa shape index (κ2) is 7.37. The minimum absolute atomic E-state index is 0.154. The second-order valence-electron chi connectivity index (χ2n) is 4.44. The van der Waals surface area contributed by atoms with Crippen molar-refractivity contribution in [2.75, 3.05) is 11.9 Å². The molecular weight excluding hydrogens is 324 g/mol. The molecule has 2 aromatic carbocycles. The molecule has 118 valence electrons. The lowest BCUT2D eigenvalue weighted by Crippen LogP contribution is -2.20. The number of nitro benzene ring substituents is 1. The maximum absolute atomic E-state index is 11.7. The zero-order valence-corrected chi connectivity index (χ0v) is 12.4. The van der Waals surface area contributed by atoms with Gasteiger partial charge in [-0.25, -0.2) is 4.79 Å². The van der Waals surface area contributed by atoms with Crippen LogP contribution in [0.2, 0.25) is 5.02 Å². The number of nitrogens with zero attached hydrogens (tertiary/aromatic N) is 1. The topological polar surface area (TPSA) is 98.5 Å². The number of carbonyl (C=O) groups is 2. The van der Waals surface area contributed by atoms with Crippen LogP contribution in [0.25, 0.3) is 0 Å². The summed E-state index contributed by atoms with van der Waals surface area (Å²) in [5.74, 6) is -1.30. The molecule has 0 radical (unpaired) electrons. The molecule has 0 bridgehead atoms. The van der Waals surface area contributed by atoms with E-state index in [0.717, 1.165) is 0 Å². The lowest BCUT2D eigenvalue weighted by molar-refractivity contribution is -0.384. The lowest BCUT2D eigenvalue weighted by Gasteiger charge is -2.06. The molecule has 23 heavy (non-hydrogen) atoms. The first-order valence-corrected chi connectivity index (χ1v) is 6.80. The van der Waals surface area contributed by atoms with Crippen molar-refractivity contribution in [1.82, 2.24) is 0 Å². The Labute approximate surface area is 136 Å². The fourth-order valence-electron chi connectivity index (χ4n) is 1.72. The molecule has 2 aromatic rings. The van der Waals surface area contributed by atoms with Gasteiger partial charge >= 0.3 is 5.97 Å². The maximum atomic E-state index is 11.7. The number of rotatable bonds is 5. The van der Waals surface area contributed by atoms with Crippen LogP contribution in [-0.2, 0) is 9.53 Å². The highest BCUT2D eigenvalue weighted by Crippen LogP contribution is 2.17. The number of ether oxygens (including phenoxy) is 1. The Morgan fingerprint density at radius 3 is 2.61 bits per heavy atom. The van der Waals surface area contributed by atoms with Gasteiger partial charge in [0.15, 0.2) is 6.61 Å². The number of halogens is 1. The van der Waals surface area contributed by atoms with Gasteiger partial charge in [-0.05, 0) is 24.3 Å². The summed E-state index contributed by atoms with van der Waals surface area (Å²) in [6.07, 6.45) is 0. The number of benzene rings is 2. The van der Waals surface area contributed by atoms with Gasteiger partial charge < -0.3 is 10.1 Å². The average Bonchev–Trinajstić information content (AvgIpc) is 2.53. The summed E-state index contributed by atoms with van der Waals surface area (Å²) in [5, 5.41) is 13.4. The number of carbonyl (C=O) groups excluding carboxylic acids is 2. The number of nitrogens with one attached hydrogen (secondary N) is 1. The molecule has 0 spiro atoms. The fourth-order valence-corrected chi connectivity index (χ4v) is 1.91. The Morgan fingerprint density at radius 1 is 1.17 bits per heavy atom. The number of hydrogen-bond donors (Lipinski definition) is 1. The molecule has 1 amide bonds. The van der Waals surface area contributed by atoms with Gasteiger partial charge in [0.25, 0.3) is 11.6 Å². The highest BCUT2D eigenvalue weighted by atomic mass is 35.5. The predicted molar refractivity (Wildman–Crippen MR) is 83.5 cm³/mol.